The van der Waals surface area contributed by atoms with Crippen LogP contribution in [-0.2, 0) is 0 Å². The maximum atomic E-state index is 5.77. The molecule has 0 atom stereocenters. The van der Waals surface area contributed by atoms with E-state index >= 15 is 0 Å². The minimum atomic E-state index is 0.518. The Bertz CT molecular complexity index is 512. The third kappa shape index (κ3) is 2.05. The highest BCUT2D eigenvalue weighted by molar-refractivity contribution is 5.63. The SMILES string of the molecule is Nc1cccc(-c2coc(C3CCCC3)n2)c1. The highest BCUT2D eigenvalue weighted by atomic mass is 16.3. The van der Waals surface area contributed by atoms with E-state index in [0.29, 0.717) is 5.92 Å². The maximum Gasteiger partial charge on any atom is 0.197 e. The van der Waals surface area contributed by atoms with Crippen LogP contribution in [0.5, 0.6) is 0 Å². The lowest BCUT2D eigenvalue weighted by Gasteiger charge is -2.01. The molecule has 0 bridgehead atoms. The molecule has 1 aromatic heterocycles. The highest BCUT2D eigenvalue weighted by Crippen LogP contribution is 2.34. The molecule has 0 amide bonds. The van der Waals surface area contributed by atoms with Crippen molar-refractivity contribution >= 4 is 5.69 Å². The summed E-state index contributed by atoms with van der Waals surface area (Å²) in [5.74, 6) is 1.41. The Kier molecular flexibility index (Phi) is 2.59. The van der Waals surface area contributed by atoms with Gasteiger partial charge >= 0.3 is 0 Å². The van der Waals surface area contributed by atoms with Gasteiger partial charge < -0.3 is 10.2 Å². The highest BCUT2D eigenvalue weighted by Gasteiger charge is 2.21. The Balaban J connectivity index is 1.89. The van der Waals surface area contributed by atoms with Gasteiger partial charge in [-0.05, 0) is 25.0 Å². The summed E-state index contributed by atoms with van der Waals surface area (Å²) >= 11 is 0. The first kappa shape index (κ1) is 10.4. The Labute approximate surface area is 101 Å². The van der Waals surface area contributed by atoms with E-state index in [0.717, 1.165) is 22.8 Å². The summed E-state index contributed by atoms with van der Waals surface area (Å²) in [6, 6.07) is 7.75. The normalized spacial score (nSPS) is 16.5. The second kappa shape index (κ2) is 4.24. The molecule has 0 spiro atoms. The van der Waals surface area contributed by atoms with Gasteiger partial charge in [0.05, 0.1) is 0 Å². The zero-order valence-corrected chi connectivity index (χ0v) is 9.73. The Hall–Kier alpha value is -1.77. The maximum absolute atomic E-state index is 5.77. The number of rotatable bonds is 2. The predicted molar refractivity (Wildman–Crippen MR) is 67.6 cm³/mol. The fourth-order valence-electron chi connectivity index (χ4n) is 2.48. The largest absolute Gasteiger partial charge is 0.448 e. The first-order valence-corrected chi connectivity index (χ1v) is 6.14. The Morgan fingerprint density at radius 1 is 1.24 bits per heavy atom. The van der Waals surface area contributed by atoms with Crippen molar-refractivity contribution in [3.63, 3.8) is 0 Å². The van der Waals surface area contributed by atoms with E-state index in [-0.39, 0.29) is 0 Å². The molecule has 0 aliphatic heterocycles. The fourth-order valence-corrected chi connectivity index (χ4v) is 2.48. The first-order valence-electron chi connectivity index (χ1n) is 6.14. The minimum Gasteiger partial charge on any atom is -0.448 e. The quantitative estimate of drug-likeness (QED) is 0.799. The number of anilines is 1. The van der Waals surface area contributed by atoms with Crippen LogP contribution in [-0.4, -0.2) is 4.98 Å². The smallest absolute Gasteiger partial charge is 0.197 e. The van der Waals surface area contributed by atoms with E-state index < -0.39 is 0 Å². The van der Waals surface area contributed by atoms with Gasteiger partial charge in [-0.25, -0.2) is 4.98 Å². The molecule has 1 heterocycles. The van der Waals surface area contributed by atoms with Gasteiger partial charge in [0, 0.05) is 17.2 Å². The van der Waals surface area contributed by atoms with Gasteiger partial charge in [-0.3, -0.25) is 0 Å². The Morgan fingerprint density at radius 2 is 2.06 bits per heavy atom. The van der Waals surface area contributed by atoms with Crippen molar-refractivity contribution in [1.29, 1.82) is 0 Å². The van der Waals surface area contributed by atoms with Crippen molar-refractivity contribution in [2.45, 2.75) is 31.6 Å². The summed E-state index contributed by atoms with van der Waals surface area (Å²) in [7, 11) is 0. The number of aromatic nitrogens is 1. The zero-order chi connectivity index (χ0) is 11.7. The van der Waals surface area contributed by atoms with Crippen LogP contribution in [0.1, 0.15) is 37.5 Å². The molecule has 17 heavy (non-hydrogen) atoms. The van der Waals surface area contributed by atoms with Crippen molar-refractivity contribution in [3.8, 4) is 11.3 Å². The molecule has 3 rings (SSSR count). The summed E-state index contributed by atoms with van der Waals surface area (Å²) < 4.78 is 5.59. The molecule has 1 aromatic carbocycles. The molecular formula is C14H16N2O. The van der Waals surface area contributed by atoms with Crippen LogP contribution in [0.3, 0.4) is 0 Å². The third-order valence-electron chi connectivity index (χ3n) is 3.41. The molecule has 0 radical (unpaired) electrons. The van der Waals surface area contributed by atoms with Gasteiger partial charge in [0.25, 0.3) is 0 Å². The summed E-state index contributed by atoms with van der Waals surface area (Å²) in [5.41, 5.74) is 8.44. The molecule has 2 N–H and O–H groups in total. The second-order valence-corrected chi connectivity index (χ2v) is 4.68. The predicted octanol–water partition coefficient (Wildman–Crippen LogP) is 3.58. The number of hydrogen-bond donors (Lipinski definition) is 1. The van der Waals surface area contributed by atoms with Crippen LogP contribution < -0.4 is 5.73 Å². The lowest BCUT2D eigenvalue weighted by atomic mass is 10.1. The van der Waals surface area contributed by atoms with Gasteiger partial charge in [-0.15, -0.1) is 0 Å². The third-order valence-corrected chi connectivity index (χ3v) is 3.41. The number of oxazole rings is 1. The van der Waals surface area contributed by atoms with Crippen LogP contribution >= 0.6 is 0 Å². The van der Waals surface area contributed by atoms with E-state index in [2.05, 4.69) is 4.98 Å². The molecule has 2 aromatic rings. The number of benzene rings is 1. The summed E-state index contributed by atoms with van der Waals surface area (Å²) in [4.78, 5) is 4.58. The van der Waals surface area contributed by atoms with Gasteiger partial charge in [0.1, 0.15) is 12.0 Å². The van der Waals surface area contributed by atoms with Crippen LogP contribution in [0.25, 0.3) is 11.3 Å². The van der Waals surface area contributed by atoms with E-state index in [1.807, 2.05) is 24.3 Å². The van der Waals surface area contributed by atoms with Gasteiger partial charge in [-0.2, -0.15) is 0 Å². The van der Waals surface area contributed by atoms with Crippen molar-refractivity contribution in [2.75, 3.05) is 5.73 Å². The van der Waals surface area contributed by atoms with E-state index in [4.69, 9.17) is 10.2 Å². The van der Waals surface area contributed by atoms with Crippen molar-refractivity contribution in [1.82, 2.24) is 4.98 Å². The van der Waals surface area contributed by atoms with Gasteiger partial charge in [-0.1, -0.05) is 25.0 Å². The number of nitrogens with zero attached hydrogens (tertiary/aromatic N) is 1. The summed E-state index contributed by atoms with van der Waals surface area (Å²) in [6.07, 6.45) is 6.73. The molecule has 1 fully saturated rings. The van der Waals surface area contributed by atoms with Gasteiger partial charge in [0.2, 0.25) is 0 Å². The van der Waals surface area contributed by atoms with E-state index in [1.165, 1.54) is 25.7 Å². The van der Waals surface area contributed by atoms with Crippen LogP contribution in [0.15, 0.2) is 34.9 Å². The zero-order valence-electron chi connectivity index (χ0n) is 9.73. The lowest BCUT2D eigenvalue weighted by Crippen LogP contribution is -1.92. The number of nitrogens with two attached hydrogens (primary N) is 1. The molecule has 1 saturated carbocycles. The molecule has 3 nitrogen and oxygen atoms in total. The number of nitrogen functional groups attached to an aromatic ring is 1. The first-order chi connectivity index (χ1) is 8.33. The standard InChI is InChI=1S/C14H16N2O/c15-12-7-3-6-11(8-12)13-9-17-14(16-13)10-4-1-2-5-10/h3,6-10H,1-2,4-5,15H2. The lowest BCUT2D eigenvalue weighted by molar-refractivity contribution is 0.448. The van der Waals surface area contributed by atoms with E-state index in [9.17, 15) is 0 Å². The molecule has 0 saturated heterocycles. The monoisotopic (exact) mass is 228 g/mol. The fraction of sp³-hybridized carbons (Fsp3) is 0.357. The number of hydrogen-bond acceptors (Lipinski definition) is 3. The van der Waals surface area contributed by atoms with E-state index in [1.54, 1.807) is 6.26 Å². The molecule has 1 aliphatic rings. The average Bonchev–Trinajstić information content (AvgIpc) is 3.00. The van der Waals surface area contributed by atoms with Crippen LogP contribution in [0.2, 0.25) is 0 Å². The topological polar surface area (TPSA) is 52.0 Å². The molecule has 1 aliphatic carbocycles. The van der Waals surface area contributed by atoms with Crippen molar-refractivity contribution in [3.05, 3.63) is 36.4 Å². The Morgan fingerprint density at radius 3 is 2.82 bits per heavy atom. The average molecular weight is 228 g/mol. The summed E-state index contributed by atoms with van der Waals surface area (Å²) in [6.45, 7) is 0. The van der Waals surface area contributed by atoms with Gasteiger partial charge in [0.15, 0.2) is 5.89 Å². The van der Waals surface area contributed by atoms with Crippen LogP contribution in [0, 0.1) is 0 Å². The summed E-state index contributed by atoms with van der Waals surface area (Å²) in [5, 5.41) is 0. The minimum absolute atomic E-state index is 0.518. The second-order valence-electron chi connectivity index (χ2n) is 4.68. The van der Waals surface area contributed by atoms with Crippen molar-refractivity contribution in [2.24, 2.45) is 0 Å². The van der Waals surface area contributed by atoms with Crippen LogP contribution in [0.4, 0.5) is 5.69 Å². The molecular weight excluding hydrogens is 212 g/mol. The van der Waals surface area contributed by atoms with Crippen molar-refractivity contribution < 1.29 is 4.42 Å². The molecule has 0 unspecified atom stereocenters. The molecule has 3 heteroatoms. The molecule has 88 valence electrons.